The minimum absolute atomic E-state index is 0.178. The first-order valence-electron chi connectivity index (χ1n) is 6.50. The minimum atomic E-state index is 0.178. The Morgan fingerprint density at radius 3 is 2.31 bits per heavy atom. The van der Waals surface area contributed by atoms with Crippen LogP contribution in [0, 0.1) is 11.8 Å². The third-order valence-corrected chi connectivity index (χ3v) is 3.24. The molecule has 3 N–H and O–H groups in total. The monoisotopic (exact) mass is 228 g/mol. The van der Waals surface area contributed by atoms with Gasteiger partial charge < -0.3 is 11.1 Å². The van der Waals surface area contributed by atoms with Crippen LogP contribution in [-0.2, 0) is 4.79 Å². The van der Waals surface area contributed by atoms with E-state index in [2.05, 4.69) is 26.1 Å². The molecule has 3 heteroatoms. The number of amides is 1. The number of carbonyl (C=O) groups is 1. The lowest BCUT2D eigenvalue weighted by Gasteiger charge is -2.20. The largest absolute Gasteiger partial charge is 0.354 e. The molecule has 96 valence electrons. The average Bonchev–Trinajstić information content (AvgIpc) is 2.23. The predicted octanol–water partition coefficient (Wildman–Crippen LogP) is 2.30. The van der Waals surface area contributed by atoms with Crippen molar-refractivity contribution < 1.29 is 4.79 Å². The summed E-state index contributed by atoms with van der Waals surface area (Å²) in [4.78, 5) is 11.6. The van der Waals surface area contributed by atoms with Gasteiger partial charge >= 0.3 is 0 Å². The molecule has 0 rings (SSSR count). The Labute approximate surface area is 100 Å². The van der Waals surface area contributed by atoms with Crippen molar-refractivity contribution >= 4 is 5.91 Å². The molecule has 0 aliphatic heterocycles. The number of nitrogens with one attached hydrogen (secondary N) is 1. The molecule has 1 amide bonds. The zero-order chi connectivity index (χ0) is 12.6. The fraction of sp³-hybridized carbons (Fsp3) is 0.923. The second-order valence-electron chi connectivity index (χ2n) is 5.00. The summed E-state index contributed by atoms with van der Waals surface area (Å²) >= 11 is 0. The highest BCUT2D eigenvalue weighted by molar-refractivity contribution is 5.76. The molecule has 0 aliphatic carbocycles. The maximum Gasteiger partial charge on any atom is 0.220 e. The van der Waals surface area contributed by atoms with Crippen LogP contribution in [0.25, 0.3) is 0 Å². The molecule has 2 unspecified atom stereocenters. The van der Waals surface area contributed by atoms with Gasteiger partial charge in [0.05, 0.1) is 0 Å². The molecule has 0 aromatic carbocycles. The molecule has 0 aromatic heterocycles. The van der Waals surface area contributed by atoms with Crippen LogP contribution in [0.5, 0.6) is 0 Å². The van der Waals surface area contributed by atoms with Gasteiger partial charge in [0.15, 0.2) is 0 Å². The second-order valence-corrected chi connectivity index (χ2v) is 5.00. The maximum atomic E-state index is 11.6. The Balaban J connectivity index is 3.87. The van der Waals surface area contributed by atoms with Crippen molar-refractivity contribution in [3.8, 4) is 0 Å². The van der Waals surface area contributed by atoms with Gasteiger partial charge in [-0.15, -0.1) is 0 Å². The van der Waals surface area contributed by atoms with E-state index >= 15 is 0 Å². The van der Waals surface area contributed by atoms with Crippen molar-refractivity contribution in [2.45, 2.75) is 59.4 Å². The number of hydrogen-bond acceptors (Lipinski definition) is 2. The maximum absolute atomic E-state index is 11.6. The summed E-state index contributed by atoms with van der Waals surface area (Å²) in [5, 5.41) is 3.00. The summed E-state index contributed by atoms with van der Waals surface area (Å²) in [7, 11) is 0. The van der Waals surface area contributed by atoms with E-state index in [1.165, 1.54) is 0 Å². The van der Waals surface area contributed by atoms with Gasteiger partial charge in [-0.3, -0.25) is 4.79 Å². The van der Waals surface area contributed by atoms with Crippen LogP contribution in [0.2, 0.25) is 0 Å². The summed E-state index contributed by atoms with van der Waals surface area (Å²) in [6.45, 7) is 9.24. The van der Waals surface area contributed by atoms with Gasteiger partial charge in [0.1, 0.15) is 0 Å². The quantitative estimate of drug-likeness (QED) is 0.670. The van der Waals surface area contributed by atoms with Crippen molar-refractivity contribution in [1.82, 2.24) is 5.32 Å². The van der Waals surface area contributed by atoms with E-state index in [-0.39, 0.29) is 5.91 Å². The van der Waals surface area contributed by atoms with Gasteiger partial charge in [0.25, 0.3) is 0 Å². The number of carbonyl (C=O) groups excluding carboxylic acids is 1. The van der Waals surface area contributed by atoms with Crippen LogP contribution in [-0.4, -0.2) is 18.5 Å². The number of nitrogens with two attached hydrogens (primary N) is 1. The second kappa shape index (κ2) is 8.57. The SMILES string of the molecule is CCC(C)NC(=O)CCC(CCN)C(C)C. The van der Waals surface area contributed by atoms with E-state index in [1.807, 2.05) is 6.92 Å². The Morgan fingerprint density at radius 2 is 1.88 bits per heavy atom. The first-order chi connectivity index (χ1) is 7.51. The first kappa shape index (κ1) is 15.4. The van der Waals surface area contributed by atoms with Crippen LogP contribution in [0.4, 0.5) is 0 Å². The zero-order valence-electron chi connectivity index (χ0n) is 11.3. The average molecular weight is 228 g/mol. The molecular formula is C13H28N2O. The molecule has 0 saturated heterocycles. The van der Waals surface area contributed by atoms with Crippen molar-refractivity contribution in [2.24, 2.45) is 17.6 Å². The highest BCUT2D eigenvalue weighted by Crippen LogP contribution is 2.20. The predicted molar refractivity (Wildman–Crippen MR) is 69.1 cm³/mol. The molecule has 3 nitrogen and oxygen atoms in total. The molecule has 0 radical (unpaired) electrons. The van der Waals surface area contributed by atoms with Gasteiger partial charge in [-0.2, -0.15) is 0 Å². The van der Waals surface area contributed by atoms with E-state index in [1.54, 1.807) is 0 Å². The molecule has 0 heterocycles. The molecule has 0 fully saturated rings. The normalized spacial score (nSPS) is 14.9. The van der Waals surface area contributed by atoms with E-state index < -0.39 is 0 Å². The molecule has 0 saturated carbocycles. The lowest BCUT2D eigenvalue weighted by Crippen LogP contribution is -2.32. The summed E-state index contributed by atoms with van der Waals surface area (Å²) in [6, 6.07) is 0.291. The van der Waals surface area contributed by atoms with Crippen molar-refractivity contribution in [3.63, 3.8) is 0 Å². The summed E-state index contributed by atoms with van der Waals surface area (Å²) < 4.78 is 0. The lowest BCUT2D eigenvalue weighted by molar-refractivity contribution is -0.122. The fourth-order valence-electron chi connectivity index (χ4n) is 1.79. The third-order valence-electron chi connectivity index (χ3n) is 3.24. The van der Waals surface area contributed by atoms with Crippen molar-refractivity contribution in [3.05, 3.63) is 0 Å². The van der Waals surface area contributed by atoms with Crippen LogP contribution in [0.1, 0.15) is 53.4 Å². The standard InChI is InChI=1S/C13H28N2O/c1-5-11(4)15-13(16)7-6-12(8-9-14)10(2)3/h10-12H,5-9,14H2,1-4H3,(H,15,16). The number of rotatable bonds is 8. The molecular weight excluding hydrogens is 200 g/mol. The summed E-state index contributed by atoms with van der Waals surface area (Å²) in [6.07, 6.45) is 3.60. The third kappa shape index (κ3) is 6.83. The minimum Gasteiger partial charge on any atom is -0.354 e. The van der Waals surface area contributed by atoms with Crippen molar-refractivity contribution in [2.75, 3.05) is 6.54 Å². The van der Waals surface area contributed by atoms with Gasteiger partial charge in [-0.25, -0.2) is 0 Å². The Morgan fingerprint density at radius 1 is 1.25 bits per heavy atom. The molecule has 0 aliphatic rings. The highest BCUT2D eigenvalue weighted by atomic mass is 16.1. The summed E-state index contributed by atoms with van der Waals surface area (Å²) in [5.41, 5.74) is 5.58. The molecule has 0 aromatic rings. The summed E-state index contributed by atoms with van der Waals surface area (Å²) in [5.74, 6) is 1.37. The lowest BCUT2D eigenvalue weighted by atomic mass is 9.88. The topological polar surface area (TPSA) is 55.1 Å². The molecule has 0 spiro atoms. The first-order valence-corrected chi connectivity index (χ1v) is 6.50. The van der Waals surface area contributed by atoms with Crippen molar-refractivity contribution in [1.29, 1.82) is 0 Å². The van der Waals surface area contributed by atoms with E-state index in [0.29, 0.717) is 24.3 Å². The van der Waals surface area contributed by atoms with Gasteiger partial charge in [-0.05, 0) is 44.6 Å². The van der Waals surface area contributed by atoms with E-state index in [4.69, 9.17) is 5.73 Å². The highest BCUT2D eigenvalue weighted by Gasteiger charge is 2.14. The van der Waals surface area contributed by atoms with Crippen LogP contribution < -0.4 is 11.1 Å². The van der Waals surface area contributed by atoms with Crippen LogP contribution in [0.3, 0.4) is 0 Å². The van der Waals surface area contributed by atoms with Gasteiger partial charge in [0, 0.05) is 12.5 Å². The van der Waals surface area contributed by atoms with E-state index in [9.17, 15) is 4.79 Å². The Kier molecular flexibility index (Phi) is 8.26. The van der Waals surface area contributed by atoms with E-state index in [0.717, 1.165) is 25.8 Å². The smallest absolute Gasteiger partial charge is 0.220 e. The van der Waals surface area contributed by atoms with Gasteiger partial charge in [-0.1, -0.05) is 20.8 Å². The van der Waals surface area contributed by atoms with Crippen LogP contribution in [0.15, 0.2) is 0 Å². The fourth-order valence-corrected chi connectivity index (χ4v) is 1.79. The molecule has 0 bridgehead atoms. The zero-order valence-corrected chi connectivity index (χ0v) is 11.3. The van der Waals surface area contributed by atoms with Crippen LogP contribution >= 0.6 is 0 Å². The molecule has 16 heavy (non-hydrogen) atoms. The Hall–Kier alpha value is -0.570. The number of hydrogen-bond donors (Lipinski definition) is 2. The Bertz CT molecular complexity index is 192. The van der Waals surface area contributed by atoms with Gasteiger partial charge in [0.2, 0.25) is 5.91 Å². The molecule has 2 atom stereocenters.